The molecule has 1 aliphatic rings. The quantitative estimate of drug-likeness (QED) is 0.347. The van der Waals surface area contributed by atoms with Crippen molar-refractivity contribution < 1.29 is 27.9 Å². The van der Waals surface area contributed by atoms with Crippen LogP contribution < -0.4 is 0 Å². The Bertz CT molecular complexity index is 1250. The SMILES string of the molecule is COC(=O)c1ccc(-c2ccc(/C=C3/SC(=O)N(Cc4ccc(F)cc4Cl)C3=O)o2)cc1. The van der Waals surface area contributed by atoms with Crippen LogP contribution in [0, 0.1) is 5.82 Å². The third-order valence-electron chi connectivity index (χ3n) is 4.71. The van der Waals surface area contributed by atoms with E-state index in [1.165, 1.54) is 25.3 Å². The van der Waals surface area contributed by atoms with Crippen LogP contribution in [0.2, 0.25) is 5.02 Å². The van der Waals surface area contributed by atoms with Gasteiger partial charge in [0.25, 0.3) is 11.1 Å². The Balaban J connectivity index is 1.51. The van der Waals surface area contributed by atoms with Crippen LogP contribution in [-0.4, -0.2) is 29.1 Å². The van der Waals surface area contributed by atoms with Gasteiger partial charge in [-0.15, -0.1) is 0 Å². The number of furan rings is 1. The molecule has 6 nitrogen and oxygen atoms in total. The molecular formula is C23H15ClFNO5S. The Labute approximate surface area is 191 Å². The minimum Gasteiger partial charge on any atom is -0.465 e. The first-order valence-corrected chi connectivity index (χ1v) is 10.5. The second-order valence-electron chi connectivity index (χ2n) is 6.77. The number of carbonyl (C=O) groups excluding carboxylic acids is 3. The van der Waals surface area contributed by atoms with E-state index >= 15 is 0 Å². The zero-order valence-corrected chi connectivity index (χ0v) is 18.2. The van der Waals surface area contributed by atoms with Gasteiger partial charge in [0, 0.05) is 16.7 Å². The van der Waals surface area contributed by atoms with E-state index < -0.39 is 22.9 Å². The summed E-state index contributed by atoms with van der Waals surface area (Å²) in [7, 11) is 1.31. The summed E-state index contributed by atoms with van der Waals surface area (Å²) in [5, 5.41) is -0.311. The molecule has 1 aliphatic heterocycles. The number of methoxy groups -OCH3 is 1. The van der Waals surface area contributed by atoms with Crippen molar-refractivity contribution in [3.8, 4) is 11.3 Å². The van der Waals surface area contributed by atoms with E-state index in [1.807, 2.05) is 0 Å². The smallest absolute Gasteiger partial charge is 0.337 e. The molecule has 32 heavy (non-hydrogen) atoms. The highest BCUT2D eigenvalue weighted by Gasteiger charge is 2.35. The molecule has 0 bridgehead atoms. The van der Waals surface area contributed by atoms with Crippen molar-refractivity contribution in [2.24, 2.45) is 0 Å². The first kappa shape index (κ1) is 21.9. The van der Waals surface area contributed by atoms with Crippen molar-refractivity contribution in [1.82, 2.24) is 4.90 Å². The third kappa shape index (κ3) is 4.46. The fraction of sp³-hybridized carbons (Fsp3) is 0.0870. The molecule has 0 saturated carbocycles. The number of halogens is 2. The molecule has 3 aromatic rings. The molecule has 9 heteroatoms. The lowest BCUT2D eigenvalue weighted by molar-refractivity contribution is -0.123. The van der Waals surface area contributed by atoms with Crippen LogP contribution >= 0.6 is 23.4 Å². The summed E-state index contributed by atoms with van der Waals surface area (Å²) in [4.78, 5) is 37.9. The molecule has 1 aromatic heterocycles. The lowest BCUT2D eigenvalue weighted by Gasteiger charge is -2.13. The second-order valence-corrected chi connectivity index (χ2v) is 8.17. The zero-order valence-electron chi connectivity index (χ0n) is 16.6. The summed E-state index contributed by atoms with van der Waals surface area (Å²) in [6.45, 7) is -0.0585. The molecule has 0 spiro atoms. The van der Waals surface area contributed by atoms with Gasteiger partial charge in [-0.05, 0) is 53.7 Å². The minimum absolute atomic E-state index is 0.0585. The average molecular weight is 472 g/mol. The first-order valence-electron chi connectivity index (χ1n) is 9.33. The average Bonchev–Trinajstić information content (AvgIpc) is 3.35. The van der Waals surface area contributed by atoms with Crippen LogP contribution in [0.1, 0.15) is 21.7 Å². The van der Waals surface area contributed by atoms with Crippen LogP contribution in [0.25, 0.3) is 17.4 Å². The summed E-state index contributed by atoms with van der Waals surface area (Å²) in [6, 6.07) is 13.9. The lowest BCUT2D eigenvalue weighted by Crippen LogP contribution is -2.27. The number of rotatable bonds is 5. The van der Waals surface area contributed by atoms with E-state index in [9.17, 15) is 18.8 Å². The van der Waals surface area contributed by atoms with Gasteiger partial charge in [-0.25, -0.2) is 9.18 Å². The molecule has 2 aromatic carbocycles. The van der Waals surface area contributed by atoms with Crippen molar-refractivity contribution in [2.75, 3.05) is 7.11 Å². The van der Waals surface area contributed by atoms with Gasteiger partial charge in [0.05, 0.1) is 24.1 Å². The first-order chi connectivity index (χ1) is 15.4. The Morgan fingerprint density at radius 2 is 1.91 bits per heavy atom. The maximum atomic E-state index is 13.2. The molecular weight excluding hydrogens is 457 g/mol. The number of ether oxygens (including phenoxy) is 1. The van der Waals surface area contributed by atoms with Crippen LogP contribution in [0.15, 0.2) is 63.9 Å². The maximum absolute atomic E-state index is 13.2. The lowest BCUT2D eigenvalue weighted by atomic mass is 10.1. The largest absolute Gasteiger partial charge is 0.465 e. The normalized spacial score (nSPS) is 15.0. The van der Waals surface area contributed by atoms with E-state index in [2.05, 4.69) is 4.74 Å². The highest BCUT2D eigenvalue weighted by molar-refractivity contribution is 8.18. The van der Waals surface area contributed by atoms with Crippen LogP contribution in [0.4, 0.5) is 9.18 Å². The molecule has 0 N–H and O–H groups in total. The summed E-state index contributed by atoms with van der Waals surface area (Å²) < 4.78 is 23.7. The summed E-state index contributed by atoms with van der Waals surface area (Å²) in [6.07, 6.45) is 1.49. The molecule has 0 radical (unpaired) electrons. The number of carbonyl (C=O) groups is 3. The minimum atomic E-state index is -0.499. The summed E-state index contributed by atoms with van der Waals surface area (Å²) in [5.41, 5.74) is 1.61. The van der Waals surface area contributed by atoms with Crippen molar-refractivity contribution in [3.05, 3.63) is 87.2 Å². The molecule has 0 atom stereocenters. The molecule has 2 amide bonds. The van der Waals surface area contributed by atoms with Crippen molar-refractivity contribution >= 4 is 46.6 Å². The Kier molecular flexibility index (Phi) is 6.16. The molecule has 0 unspecified atom stereocenters. The van der Waals surface area contributed by atoms with Crippen molar-refractivity contribution in [1.29, 1.82) is 0 Å². The highest BCUT2D eigenvalue weighted by Crippen LogP contribution is 2.35. The predicted octanol–water partition coefficient (Wildman–Crippen LogP) is 5.76. The number of benzene rings is 2. The van der Waals surface area contributed by atoms with E-state index in [4.69, 9.17) is 16.0 Å². The fourth-order valence-electron chi connectivity index (χ4n) is 3.06. The van der Waals surface area contributed by atoms with Crippen LogP contribution in [0.3, 0.4) is 0 Å². The van der Waals surface area contributed by atoms with Gasteiger partial charge in [-0.1, -0.05) is 29.8 Å². The van der Waals surface area contributed by atoms with Gasteiger partial charge >= 0.3 is 5.97 Å². The number of imide groups is 1. The molecule has 1 fully saturated rings. The van der Waals surface area contributed by atoms with Gasteiger partial charge in [0.15, 0.2) is 0 Å². The van der Waals surface area contributed by atoms with Gasteiger partial charge in [-0.2, -0.15) is 0 Å². The van der Waals surface area contributed by atoms with Gasteiger partial charge in [0.2, 0.25) is 0 Å². The van der Waals surface area contributed by atoms with E-state index in [0.717, 1.165) is 28.3 Å². The fourth-order valence-corrected chi connectivity index (χ4v) is 4.11. The Hall–Kier alpha value is -3.36. The third-order valence-corrected chi connectivity index (χ3v) is 5.97. The summed E-state index contributed by atoms with van der Waals surface area (Å²) >= 11 is 6.80. The number of esters is 1. The molecule has 2 heterocycles. The molecule has 162 valence electrons. The van der Waals surface area contributed by atoms with E-state index in [0.29, 0.717) is 22.6 Å². The van der Waals surface area contributed by atoms with Crippen LogP contribution in [-0.2, 0) is 16.1 Å². The molecule has 4 rings (SSSR count). The van der Waals surface area contributed by atoms with Crippen molar-refractivity contribution in [2.45, 2.75) is 6.54 Å². The highest BCUT2D eigenvalue weighted by atomic mass is 35.5. The van der Waals surface area contributed by atoms with Crippen LogP contribution in [0.5, 0.6) is 0 Å². The topological polar surface area (TPSA) is 76.8 Å². The maximum Gasteiger partial charge on any atom is 0.337 e. The molecule has 1 saturated heterocycles. The van der Waals surface area contributed by atoms with Gasteiger partial charge in [0.1, 0.15) is 17.3 Å². The molecule has 0 aliphatic carbocycles. The Morgan fingerprint density at radius 3 is 2.59 bits per heavy atom. The Morgan fingerprint density at radius 1 is 1.16 bits per heavy atom. The van der Waals surface area contributed by atoms with E-state index in [-0.39, 0.29) is 16.5 Å². The zero-order chi connectivity index (χ0) is 22.8. The van der Waals surface area contributed by atoms with Crippen molar-refractivity contribution in [3.63, 3.8) is 0 Å². The van der Waals surface area contributed by atoms with Gasteiger partial charge in [-0.3, -0.25) is 14.5 Å². The monoisotopic (exact) mass is 471 g/mol. The number of amides is 2. The summed E-state index contributed by atoms with van der Waals surface area (Å²) in [5.74, 6) is -0.496. The number of hydrogen-bond acceptors (Lipinski definition) is 6. The second kappa shape index (κ2) is 9.02. The number of nitrogens with zero attached hydrogens (tertiary/aromatic N) is 1. The predicted molar refractivity (Wildman–Crippen MR) is 118 cm³/mol. The van der Waals surface area contributed by atoms with E-state index in [1.54, 1.807) is 36.4 Å². The van der Waals surface area contributed by atoms with Gasteiger partial charge < -0.3 is 9.15 Å². The number of hydrogen-bond donors (Lipinski definition) is 0. The standard InChI is InChI=1S/C23H15ClFNO5S/c1-30-22(28)14-4-2-13(3-5-14)19-9-8-17(31-19)11-20-21(27)26(23(29)32-20)12-15-6-7-16(25)10-18(15)24/h2-11H,12H2,1H3/b20-11+. The number of thioether (sulfide) groups is 1.